The van der Waals surface area contributed by atoms with Crippen molar-refractivity contribution in [3.8, 4) is 0 Å². The Morgan fingerprint density at radius 3 is 2.63 bits per heavy atom. The lowest BCUT2D eigenvalue weighted by molar-refractivity contribution is -0.138. The molecule has 2 rings (SSSR count). The van der Waals surface area contributed by atoms with E-state index in [1.54, 1.807) is 24.8 Å². The van der Waals surface area contributed by atoms with Crippen molar-refractivity contribution in [2.45, 2.75) is 18.6 Å². The number of benzene rings is 1. The van der Waals surface area contributed by atoms with Gasteiger partial charge in [-0.3, -0.25) is 4.98 Å². The smallest absolute Gasteiger partial charge is 0.313 e. The molecule has 0 aliphatic heterocycles. The summed E-state index contributed by atoms with van der Waals surface area (Å²) in [6.45, 7) is 0. The minimum absolute atomic E-state index is 0.269. The first kappa shape index (κ1) is 14.0. The number of nitrogens with zero attached hydrogens (tertiary/aromatic N) is 1. The number of hydrogen-bond donors (Lipinski definition) is 1. The molecule has 0 spiro atoms. The van der Waals surface area contributed by atoms with E-state index in [1.165, 1.54) is 23.5 Å². The highest BCUT2D eigenvalue weighted by atomic mass is 32.1. The van der Waals surface area contributed by atoms with Crippen LogP contribution in [0.25, 0.3) is 0 Å². The minimum atomic E-state index is -4.33. The van der Waals surface area contributed by atoms with Gasteiger partial charge in [-0.2, -0.15) is 13.2 Å². The number of hydrogen-bond acceptors (Lipinski definition) is 3. The van der Waals surface area contributed by atoms with Gasteiger partial charge in [0.05, 0.1) is 11.1 Å². The van der Waals surface area contributed by atoms with Crippen LogP contribution in [0.2, 0.25) is 0 Å². The molecule has 1 N–H and O–H groups in total. The maximum atomic E-state index is 13.0. The van der Waals surface area contributed by atoms with Crippen molar-refractivity contribution in [1.29, 1.82) is 0 Å². The van der Waals surface area contributed by atoms with Gasteiger partial charge in [0.15, 0.2) is 0 Å². The van der Waals surface area contributed by atoms with Gasteiger partial charge in [0.25, 0.3) is 0 Å². The van der Waals surface area contributed by atoms with E-state index in [0.29, 0.717) is 6.42 Å². The molecule has 1 unspecified atom stereocenters. The maximum Gasteiger partial charge on any atom is 0.416 e. The summed E-state index contributed by atoms with van der Waals surface area (Å²) in [5, 5.41) is 2.95. The minimum Gasteiger partial charge on any atom is -0.313 e. The van der Waals surface area contributed by atoms with E-state index in [1.807, 2.05) is 0 Å². The lowest BCUT2D eigenvalue weighted by atomic mass is 9.97. The number of thiazole rings is 1. The predicted molar refractivity (Wildman–Crippen MR) is 69.1 cm³/mol. The molecule has 1 heterocycles. The zero-order valence-corrected chi connectivity index (χ0v) is 11.1. The second kappa shape index (κ2) is 5.71. The summed E-state index contributed by atoms with van der Waals surface area (Å²) < 4.78 is 39.0. The Hall–Kier alpha value is -1.40. The summed E-state index contributed by atoms with van der Waals surface area (Å²) in [6.07, 6.45) is -2.15. The van der Waals surface area contributed by atoms with Gasteiger partial charge in [0, 0.05) is 23.5 Å². The molecule has 1 aromatic carbocycles. The summed E-state index contributed by atoms with van der Waals surface area (Å²) in [5.74, 6) is 0. The van der Waals surface area contributed by atoms with Crippen LogP contribution in [0.5, 0.6) is 0 Å². The van der Waals surface area contributed by atoms with Gasteiger partial charge < -0.3 is 5.32 Å². The topological polar surface area (TPSA) is 24.9 Å². The van der Waals surface area contributed by atoms with Gasteiger partial charge in [0.2, 0.25) is 0 Å². The third-order valence-electron chi connectivity index (χ3n) is 2.88. The molecule has 0 aliphatic carbocycles. The number of halogens is 3. The molecule has 1 atom stereocenters. The van der Waals surface area contributed by atoms with Crippen LogP contribution in [0, 0.1) is 0 Å². The summed E-state index contributed by atoms with van der Waals surface area (Å²) in [4.78, 5) is 4.90. The predicted octanol–water partition coefficient (Wildman–Crippen LogP) is 3.67. The zero-order chi connectivity index (χ0) is 13.9. The van der Waals surface area contributed by atoms with Crippen molar-refractivity contribution in [1.82, 2.24) is 10.3 Å². The fraction of sp³-hybridized carbons (Fsp3) is 0.308. The van der Waals surface area contributed by atoms with Gasteiger partial charge in [0.1, 0.15) is 0 Å². The van der Waals surface area contributed by atoms with E-state index in [4.69, 9.17) is 0 Å². The number of likely N-dealkylation sites (N-methyl/N-ethyl adjacent to an activating group) is 1. The number of nitrogens with one attached hydrogen (secondary N) is 1. The number of alkyl halides is 3. The fourth-order valence-electron chi connectivity index (χ4n) is 1.97. The standard InChI is InChI=1S/C13H13F3N2S/c1-17-12(6-9-7-18-8-19-9)10-4-2-3-5-11(10)13(14,15)16/h2-5,7-8,12,17H,6H2,1H3. The molecule has 19 heavy (non-hydrogen) atoms. The monoisotopic (exact) mass is 286 g/mol. The van der Waals surface area contributed by atoms with Crippen LogP contribution in [0.4, 0.5) is 13.2 Å². The van der Waals surface area contributed by atoms with Gasteiger partial charge >= 0.3 is 6.18 Å². The lowest BCUT2D eigenvalue weighted by Gasteiger charge is -2.20. The molecular formula is C13H13F3N2S. The van der Waals surface area contributed by atoms with Gasteiger partial charge in [-0.1, -0.05) is 18.2 Å². The van der Waals surface area contributed by atoms with Crippen LogP contribution in [0.15, 0.2) is 36.0 Å². The average molecular weight is 286 g/mol. The molecule has 0 saturated heterocycles. The van der Waals surface area contributed by atoms with Gasteiger partial charge in [-0.25, -0.2) is 0 Å². The Morgan fingerprint density at radius 1 is 1.32 bits per heavy atom. The Kier molecular flexibility index (Phi) is 4.21. The van der Waals surface area contributed by atoms with E-state index in [-0.39, 0.29) is 11.6 Å². The van der Waals surface area contributed by atoms with Crippen molar-refractivity contribution in [3.05, 3.63) is 52.0 Å². The lowest BCUT2D eigenvalue weighted by Crippen LogP contribution is -2.22. The second-order valence-corrected chi connectivity index (χ2v) is 5.07. The molecule has 0 fully saturated rings. The highest BCUT2D eigenvalue weighted by Crippen LogP contribution is 2.35. The SMILES string of the molecule is CNC(Cc1cncs1)c1ccccc1C(F)(F)F. The number of rotatable bonds is 4. The highest BCUT2D eigenvalue weighted by molar-refractivity contribution is 7.09. The van der Waals surface area contributed by atoms with Crippen LogP contribution < -0.4 is 5.32 Å². The Labute approximate surface area is 113 Å². The van der Waals surface area contributed by atoms with E-state index >= 15 is 0 Å². The first-order chi connectivity index (χ1) is 9.02. The average Bonchev–Trinajstić information content (AvgIpc) is 2.88. The van der Waals surface area contributed by atoms with Crippen LogP contribution >= 0.6 is 11.3 Å². The molecule has 0 saturated carbocycles. The van der Waals surface area contributed by atoms with Crippen molar-refractivity contribution >= 4 is 11.3 Å². The molecule has 0 bridgehead atoms. The summed E-state index contributed by atoms with van der Waals surface area (Å²) in [6, 6.07) is 5.29. The van der Waals surface area contributed by atoms with Crippen LogP contribution in [-0.4, -0.2) is 12.0 Å². The highest BCUT2D eigenvalue weighted by Gasteiger charge is 2.34. The third-order valence-corrected chi connectivity index (χ3v) is 3.68. The molecule has 0 radical (unpaired) electrons. The molecule has 0 aliphatic rings. The Bertz CT molecular complexity index is 523. The maximum absolute atomic E-state index is 13.0. The van der Waals surface area contributed by atoms with E-state index in [0.717, 1.165) is 10.9 Å². The van der Waals surface area contributed by atoms with Gasteiger partial charge in [-0.05, 0) is 18.7 Å². The van der Waals surface area contributed by atoms with Crippen molar-refractivity contribution in [2.24, 2.45) is 0 Å². The molecule has 2 nitrogen and oxygen atoms in total. The normalized spacial score (nSPS) is 13.5. The number of aromatic nitrogens is 1. The molecule has 102 valence electrons. The first-order valence-electron chi connectivity index (χ1n) is 5.73. The Balaban J connectivity index is 2.33. The largest absolute Gasteiger partial charge is 0.416 e. The van der Waals surface area contributed by atoms with Crippen LogP contribution in [-0.2, 0) is 12.6 Å². The third kappa shape index (κ3) is 3.33. The van der Waals surface area contributed by atoms with Gasteiger partial charge in [-0.15, -0.1) is 11.3 Å². The summed E-state index contributed by atoms with van der Waals surface area (Å²) in [5.41, 5.74) is 1.36. The molecule has 0 amide bonds. The fourth-order valence-corrected chi connectivity index (χ4v) is 2.61. The van der Waals surface area contributed by atoms with Crippen LogP contribution in [0.1, 0.15) is 22.0 Å². The van der Waals surface area contributed by atoms with Crippen LogP contribution in [0.3, 0.4) is 0 Å². The molecule has 6 heteroatoms. The second-order valence-electron chi connectivity index (χ2n) is 4.10. The molecular weight excluding hydrogens is 273 g/mol. The quantitative estimate of drug-likeness (QED) is 0.927. The summed E-state index contributed by atoms with van der Waals surface area (Å²) in [7, 11) is 1.67. The van der Waals surface area contributed by atoms with E-state index < -0.39 is 11.7 Å². The Morgan fingerprint density at radius 2 is 2.05 bits per heavy atom. The molecule has 2 aromatic rings. The molecule has 1 aromatic heterocycles. The van der Waals surface area contributed by atoms with E-state index in [2.05, 4.69) is 10.3 Å². The van der Waals surface area contributed by atoms with Crippen molar-refractivity contribution < 1.29 is 13.2 Å². The zero-order valence-electron chi connectivity index (χ0n) is 10.2. The van der Waals surface area contributed by atoms with Crippen molar-refractivity contribution in [3.63, 3.8) is 0 Å². The summed E-state index contributed by atoms with van der Waals surface area (Å²) >= 11 is 1.44. The van der Waals surface area contributed by atoms with E-state index in [9.17, 15) is 13.2 Å². The van der Waals surface area contributed by atoms with Crippen molar-refractivity contribution in [2.75, 3.05) is 7.05 Å². The first-order valence-corrected chi connectivity index (χ1v) is 6.61.